The number of benzene rings is 1. The van der Waals surface area contributed by atoms with E-state index >= 15 is 0 Å². The van der Waals surface area contributed by atoms with Crippen LogP contribution in [-0.4, -0.2) is 22.8 Å². The Hall–Kier alpha value is -2.30. The highest BCUT2D eigenvalue weighted by Crippen LogP contribution is 2.23. The van der Waals surface area contributed by atoms with E-state index in [1.807, 2.05) is 6.07 Å². The summed E-state index contributed by atoms with van der Waals surface area (Å²) in [5, 5.41) is 0. The van der Waals surface area contributed by atoms with Crippen LogP contribution in [0.4, 0.5) is 8.78 Å². The Bertz CT molecular complexity index is 659. The number of aromatic nitrogens is 1. The first-order valence-corrected chi connectivity index (χ1v) is 6.55. The normalized spacial score (nSPS) is 12.0. The van der Waals surface area contributed by atoms with E-state index in [0.717, 1.165) is 11.6 Å². The molecule has 0 saturated carbocycles. The van der Waals surface area contributed by atoms with Crippen molar-refractivity contribution in [3.8, 4) is 0 Å². The number of hydrogen-bond acceptors (Lipinski definition) is 2. The summed E-state index contributed by atoms with van der Waals surface area (Å²) < 4.78 is 27.8. The van der Waals surface area contributed by atoms with Gasteiger partial charge in [0.2, 0.25) is 0 Å². The van der Waals surface area contributed by atoms with Gasteiger partial charge in [0.1, 0.15) is 17.2 Å². The van der Waals surface area contributed by atoms with Crippen LogP contribution in [0.1, 0.15) is 34.5 Å². The summed E-state index contributed by atoms with van der Waals surface area (Å²) in [7, 11) is 1.52. The summed E-state index contributed by atoms with van der Waals surface area (Å²) >= 11 is 0. The first-order valence-electron chi connectivity index (χ1n) is 6.55. The molecule has 2 rings (SSSR count). The molecule has 0 fully saturated rings. The van der Waals surface area contributed by atoms with Crippen LogP contribution in [0.3, 0.4) is 0 Å². The molecule has 0 aliphatic rings. The van der Waals surface area contributed by atoms with Gasteiger partial charge in [-0.15, -0.1) is 0 Å². The average Bonchev–Trinajstić information content (AvgIpc) is 2.50. The molecule has 0 aliphatic carbocycles. The molecular formula is C16H16F2N2O. The van der Waals surface area contributed by atoms with E-state index in [-0.39, 0.29) is 11.6 Å². The summed E-state index contributed by atoms with van der Waals surface area (Å²) in [4.78, 5) is 17.7. The summed E-state index contributed by atoms with van der Waals surface area (Å²) in [6, 6.07) is 5.63. The molecule has 1 aromatic heterocycles. The van der Waals surface area contributed by atoms with Crippen molar-refractivity contribution in [1.29, 1.82) is 0 Å². The molecule has 21 heavy (non-hydrogen) atoms. The minimum absolute atomic E-state index is 0.238. The Kier molecular flexibility index (Phi) is 4.31. The minimum atomic E-state index is -0.853. The fraction of sp³-hybridized carbons (Fsp3) is 0.250. The van der Waals surface area contributed by atoms with E-state index in [4.69, 9.17) is 0 Å². The van der Waals surface area contributed by atoms with Gasteiger partial charge < -0.3 is 4.90 Å². The molecule has 0 spiro atoms. The predicted molar refractivity (Wildman–Crippen MR) is 75.8 cm³/mol. The van der Waals surface area contributed by atoms with Gasteiger partial charge in [0.05, 0.1) is 6.04 Å². The molecule has 0 bridgehead atoms. The van der Waals surface area contributed by atoms with E-state index in [0.29, 0.717) is 0 Å². The Morgan fingerprint density at radius 3 is 2.62 bits per heavy atom. The van der Waals surface area contributed by atoms with Crippen molar-refractivity contribution in [2.24, 2.45) is 0 Å². The van der Waals surface area contributed by atoms with Crippen LogP contribution in [0.5, 0.6) is 0 Å². The molecule has 3 nitrogen and oxygen atoms in total. The molecule has 0 aliphatic heterocycles. The van der Waals surface area contributed by atoms with Crippen molar-refractivity contribution < 1.29 is 13.6 Å². The van der Waals surface area contributed by atoms with Gasteiger partial charge in [0.15, 0.2) is 0 Å². The van der Waals surface area contributed by atoms with Gasteiger partial charge >= 0.3 is 0 Å². The first kappa shape index (κ1) is 15.1. The van der Waals surface area contributed by atoms with E-state index in [2.05, 4.69) is 4.98 Å². The van der Waals surface area contributed by atoms with E-state index in [1.54, 1.807) is 25.4 Å². The fourth-order valence-electron chi connectivity index (χ4n) is 2.05. The summed E-state index contributed by atoms with van der Waals surface area (Å²) in [6.45, 7) is 3.27. The van der Waals surface area contributed by atoms with Crippen molar-refractivity contribution in [2.75, 3.05) is 7.05 Å². The Labute approximate surface area is 122 Å². The maximum absolute atomic E-state index is 14.0. The predicted octanol–water partition coefficient (Wildman–Crippen LogP) is 3.50. The van der Waals surface area contributed by atoms with Gasteiger partial charge in [-0.05, 0) is 37.1 Å². The zero-order valence-corrected chi connectivity index (χ0v) is 12.1. The summed E-state index contributed by atoms with van der Waals surface area (Å²) in [5.74, 6) is -2.36. The molecular weight excluding hydrogens is 274 g/mol. The number of rotatable bonds is 3. The lowest BCUT2D eigenvalue weighted by Crippen LogP contribution is -2.31. The number of nitrogens with zero attached hydrogens (tertiary/aromatic N) is 2. The lowest BCUT2D eigenvalue weighted by molar-refractivity contribution is 0.0732. The number of halogens is 2. The molecule has 0 radical (unpaired) electrons. The number of aryl methyl sites for hydroxylation is 1. The van der Waals surface area contributed by atoms with Crippen molar-refractivity contribution in [3.05, 3.63) is 65.0 Å². The van der Waals surface area contributed by atoms with Gasteiger partial charge in [0.25, 0.3) is 5.91 Å². The van der Waals surface area contributed by atoms with Crippen molar-refractivity contribution in [2.45, 2.75) is 19.9 Å². The Morgan fingerprint density at radius 2 is 2.00 bits per heavy atom. The van der Waals surface area contributed by atoms with Gasteiger partial charge in [-0.1, -0.05) is 12.1 Å². The van der Waals surface area contributed by atoms with Crippen LogP contribution in [0.2, 0.25) is 0 Å². The first-order chi connectivity index (χ1) is 9.93. The second kappa shape index (κ2) is 5.99. The Balaban J connectivity index is 2.34. The van der Waals surface area contributed by atoms with E-state index in [1.165, 1.54) is 24.9 Å². The standard InChI is InChI=1S/C16H16F2N2O/c1-10-6-7-13(17)14(15(10)18)16(21)20(3)11(2)12-5-4-8-19-9-12/h4-9,11H,1-3H3/t11-/m1/s1. The highest BCUT2D eigenvalue weighted by Gasteiger charge is 2.25. The van der Waals surface area contributed by atoms with E-state index in [9.17, 15) is 13.6 Å². The van der Waals surface area contributed by atoms with Crippen molar-refractivity contribution in [3.63, 3.8) is 0 Å². The molecule has 1 atom stereocenters. The largest absolute Gasteiger partial charge is 0.335 e. The molecule has 0 unspecified atom stereocenters. The summed E-state index contributed by atoms with van der Waals surface area (Å²) in [6.07, 6.45) is 3.25. The lowest BCUT2D eigenvalue weighted by atomic mass is 10.1. The maximum Gasteiger partial charge on any atom is 0.260 e. The van der Waals surface area contributed by atoms with Crippen LogP contribution < -0.4 is 0 Å². The molecule has 0 saturated heterocycles. The topological polar surface area (TPSA) is 33.2 Å². The number of amides is 1. The molecule has 1 aromatic carbocycles. The fourth-order valence-corrected chi connectivity index (χ4v) is 2.05. The third-order valence-corrected chi connectivity index (χ3v) is 3.57. The quantitative estimate of drug-likeness (QED) is 0.866. The van der Waals surface area contributed by atoms with Crippen LogP contribution in [0, 0.1) is 18.6 Å². The molecule has 110 valence electrons. The number of hydrogen-bond donors (Lipinski definition) is 0. The summed E-state index contributed by atoms with van der Waals surface area (Å²) in [5.41, 5.74) is 0.511. The second-order valence-corrected chi connectivity index (χ2v) is 4.93. The van der Waals surface area contributed by atoms with Crippen LogP contribution in [0.25, 0.3) is 0 Å². The number of pyridine rings is 1. The van der Waals surface area contributed by atoms with Gasteiger partial charge in [-0.2, -0.15) is 0 Å². The Morgan fingerprint density at radius 1 is 1.29 bits per heavy atom. The lowest BCUT2D eigenvalue weighted by Gasteiger charge is -2.25. The third kappa shape index (κ3) is 2.91. The van der Waals surface area contributed by atoms with Crippen molar-refractivity contribution >= 4 is 5.91 Å². The zero-order valence-electron chi connectivity index (χ0n) is 12.1. The third-order valence-electron chi connectivity index (χ3n) is 3.57. The minimum Gasteiger partial charge on any atom is -0.335 e. The molecule has 5 heteroatoms. The highest BCUT2D eigenvalue weighted by atomic mass is 19.1. The van der Waals surface area contributed by atoms with Gasteiger partial charge in [-0.25, -0.2) is 8.78 Å². The molecule has 0 N–H and O–H groups in total. The molecule has 2 aromatic rings. The van der Waals surface area contributed by atoms with E-state index < -0.39 is 23.1 Å². The SMILES string of the molecule is Cc1ccc(F)c(C(=O)N(C)[C@H](C)c2cccnc2)c1F. The zero-order chi connectivity index (χ0) is 15.6. The van der Waals surface area contributed by atoms with Gasteiger partial charge in [-0.3, -0.25) is 9.78 Å². The molecule has 1 heterocycles. The smallest absolute Gasteiger partial charge is 0.260 e. The molecule has 1 amide bonds. The maximum atomic E-state index is 14.0. The van der Waals surface area contributed by atoms with Crippen LogP contribution in [-0.2, 0) is 0 Å². The highest BCUT2D eigenvalue weighted by molar-refractivity contribution is 5.95. The van der Waals surface area contributed by atoms with Crippen LogP contribution in [0.15, 0.2) is 36.7 Å². The van der Waals surface area contributed by atoms with Crippen LogP contribution >= 0.6 is 0 Å². The number of carbonyl (C=O) groups is 1. The average molecular weight is 290 g/mol. The van der Waals surface area contributed by atoms with Crippen molar-refractivity contribution in [1.82, 2.24) is 9.88 Å². The number of carbonyl (C=O) groups excluding carboxylic acids is 1. The monoisotopic (exact) mass is 290 g/mol. The van der Waals surface area contributed by atoms with Gasteiger partial charge in [0, 0.05) is 19.4 Å². The second-order valence-electron chi connectivity index (χ2n) is 4.93.